The zero-order valence-corrected chi connectivity index (χ0v) is 15.8. The van der Waals surface area contributed by atoms with Crippen molar-refractivity contribution in [3.05, 3.63) is 48.0 Å². The zero-order valence-electron chi connectivity index (χ0n) is 15.0. The van der Waals surface area contributed by atoms with Crippen molar-refractivity contribution in [1.82, 2.24) is 4.72 Å². The molecule has 0 atom stereocenters. The minimum atomic E-state index is -3.85. The Labute approximate surface area is 158 Å². The summed E-state index contributed by atoms with van der Waals surface area (Å²) in [5.41, 5.74) is 1.20. The lowest BCUT2D eigenvalue weighted by atomic mass is 10.1. The van der Waals surface area contributed by atoms with Crippen LogP contribution in [-0.4, -0.2) is 39.6 Å². The Kier molecular flexibility index (Phi) is 5.67. The Hall–Kier alpha value is -2.58. The van der Waals surface area contributed by atoms with E-state index in [9.17, 15) is 18.3 Å². The number of anilines is 1. The smallest absolute Gasteiger partial charge is 0.244 e. The molecule has 1 saturated heterocycles. The monoisotopic (exact) mass is 390 g/mol. The van der Waals surface area contributed by atoms with Crippen LogP contribution in [0, 0.1) is 0 Å². The van der Waals surface area contributed by atoms with Gasteiger partial charge in [0.15, 0.2) is 0 Å². The van der Waals surface area contributed by atoms with Gasteiger partial charge in [0, 0.05) is 25.2 Å². The van der Waals surface area contributed by atoms with Crippen molar-refractivity contribution in [1.29, 1.82) is 0 Å². The van der Waals surface area contributed by atoms with Crippen molar-refractivity contribution in [2.75, 3.05) is 25.1 Å². The standard InChI is InChI=1S/C19H22N2O5S/c1-26-17-9-8-15(21-12-4-7-19(21)23)13-18(17)27(24,25)20-11-10-14-5-2-3-6-16(14)22/h2-3,5-6,8-9,13,20,22H,4,7,10-12H2,1H3. The summed E-state index contributed by atoms with van der Waals surface area (Å²) in [5.74, 6) is 0.320. The molecule has 0 radical (unpaired) electrons. The fraction of sp³-hybridized carbons (Fsp3) is 0.316. The van der Waals surface area contributed by atoms with Crippen molar-refractivity contribution in [2.24, 2.45) is 0 Å². The topological polar surface area (TPSA) is 95.9 Å². The number of ether oxygens (including phenoxy) is 1. The molecule has 0 bridgehead atoms. The molecule has 0 saturated carbocycles. The average molecular weight is 390 g/mol. The summed E-state index contributed by atoms with van der Waals surface area (Å²) in [6.07, 6.45) is 1.57. The van der Waals surface area contributed by atoms with Crippen molar-refractivity contribution in [2.45, 2.75) is 24.2 Å². The lowest BCUT2D eigenvalue weighted by molar-refractivity contribution is -0.117. The van der Waals surface area contributed by atoms with Crippen LogP contribution in [-0.2, 0) is 21.2 Å². The molecule has 2 aromatic carbocycles. The number of aromatic hydroxyl groups is 1. The van der Waals surface area contributed by atoms with Crippen LogP contribution in [0.4, 0.5) is 5.69 Å². The van der Waals surface area contributed by atoms with Crippen LogP contribution in [0.3, 0.4) is 0 Å². The predicted octanol–water partition coefficient (Wildman–Crippen LogP) is 2.05. The number of sulfonamides is 1. The van der Waals surface area contributed by atoms with Gasteiger partial charge in [-0.25, -0.2) is 13.1 Å². The zero-order chi connectivity index (χ0) is 19.4. The number of nitrogens with one attached hydrogen (secondary N) is 1. The highest BCUT2D eigenvalue weighted by Gasteiger charge is 2.25. The van der Waals surface area contributed by atoms with Gasteiger partial charge < -0.3 is 14.7 Å². The van der Waals surface area contributed by atoms with Crippen molar-refractivity contribution in [3.63, 3.8) is 0 Å². The predicted molar refractivity (Wildman–Crippen MR) is 102 cm³/mol. The van der Waals surface area contributed by atoms with Crippen LogP contribution in [0.15, 0.2) is 47.4 Å². The lowest BCUT2D eigenvalue weighted by Crippen LogP contribution is -2.28. The van der Waals surface area contributed by atoms with Crippen molar-refractivity contribution < 1.29 is 23.1 Å². The van der Waals surface area contributed by atoms with Gasteiger partial charge >= 0.3 is 0 Å². The minimum Gasteiger partial charge on any atom is -0.508 e. The van der Waals surface area contributed by atoms with Gasteiger partial charge in [-0.15, -0.1) is 0 Å². The number of rotatable bonds is 7. The molecular formula is C19H22N2O5S. The Morgan fingerprint density at radius 1 is 1.22 bits per heavy atom. The third-order valence-corrected chi connectivity index (χ3v) is 5.98. The quantitative estimate of drug-likeness (QED) is 0.754. The van der Waals surface area contributed by atoms with Crippen molar-refractivity contribution in [3.8, 4) is 11.5 Å². The molecule has 2 aromatic rings. The third-order valence-electron chi connectivity index (χ3n) is 4.50. The Bertz CT molecular complexity index is 943. The first kappa shape index (κ1) is 19.2. The van der Waals surface area contributed by atoms with Gasteiger partial charge in [0.1, 0.15) is 16.4 Å². The summed E-state index contributed by atoms with van der Waals surface area (Å²) in [5, 5.41) is 9.79. The molecule has 1 aliphatic rings. The molecule has 0 unspecified atom stereocenters. The number of para-hydroxylation sites is 1. The summed E-state index contributed by atoms with van der Waals surface area (Å²) in [6.45, 7) is 0.696. The number of phenolic OH excluding ortho intramolecular Hbond substituents is 1. The summed E-state index contributed by atoms with van der Waals surface area (Å²) >= 11 is 0. The van der Waals surface area contributed by atoms with E-state index in [4.69, 9.17) is 4.74 Å². The lowest BCUT2D eigenvalue weighted by Gasteiger charge is -2.18. The molecule has 0 aromatic heterocycles. The maximum Gasteiger partial charge on any atom is 0.244 e. The summed E-state index contributed by atoms with van der Waals surface area (Å²) < 4.78 is 33.3. The van der Waals surface area contributed by atoms with E-state index in [-0.39, 0.29) is 28.8 Å². The van der Waals surface area contributed by atoms with E-state index in [1.165, 1.54) is 13.2 Å². The fourth-order valence-corrected chi connectivity index (χ4v) is 4.30. The van der Waals surface area contributed by atoms with Crippen LogP contribution >= 0.6 is 0 Å². The number of hydrogen-bond acceptors (Lipinski definition) is 5. The average Bonchev–Trinajstić information content (AvgIpc) is 3.08. The van der Waals surface area contributed by atoms with E-state index in [0.29, 0.717) is 30.6 Å². The van der Waals surface area contributed by atoms with E-state index in [2.05, 4.69) is 4.72 Å². The summed E-state index contributed by atoms with van der Waals surface area (Å²) in [6, 6.07) is 11.5. The largest absolute Gasteiger partial charge is 0.508 e. The molecule has 27 heavy (non-hydrogen) atoms. The molecule has 1 fully saturated rings. The van der Waals surface area contributed by atoms with Gasteiger partial charge in [-0.2, -0.15) is 0 Å². The first-order valence-corrected chi connectivity index (χ1v) is 10.2. The Morgan fingerprint density at radius 3 is 2.67 bits per heavy atom. The highest BCUT2D eigenvalue weighted by molar-refractivity contribution is 7.89. The molecule has 8 heteroatoms. The minimum absolute atomic E-state index is 0.0144. The third kappa shape index (κ3) is 4.23. The van der Waals surface area contributed by atoms with Crippen LogP contribution in [0.25, 0.3) is 0 Å². The van der Waals surface area contributed by atoms with Crippen LogP contribution in [0.2, 0.25) is 0 Å². The number of benzene rings is 2. The van der Waals surface area contributed by atoms with E-state index in [1.807, 2.05) is 0 Å². The van der Waals surface area contributed by atoms with Gasteiger partial charge in [0.05, 0.1) is 7.11 Å². The van der Waals surface area contributed by atoms with E-state index < -0.39 is 10.0 Å². The van der Waals surface area contributed by atoms with E-state index >= 15 is 0 Å². The van der Waals surface area contributed by atoms with Gasteiger partial charge in [-0.05, 0) is 42.7 Å². The number of carbonyl (C=O) groups is 1. The second kappa shape index (κ2) is 7.98. The van der Waals surface area contributed by atoms with E-state index in [0.717, 1.165) is 6.42 Å². The molecule has 7 nitrogen and oxygen atoms in total. The number of hydrogen-bond donors (Lipinski definition) is 2. The maximum absolute atomic E-state index is 12.8. The van der Waals surface area contributed by atoms with Gasteiger partial charge in [-0.1, -0.05) is 18.2 Å². The second-order valence-electron chi connectivity index (χ2n) is 6.26. The van der Waals surface area contributed by atoms with Gasteiger partial charge in [0.2, 0.25) is 15.9 Å². The van der Waals surface area contributed by atoms with Crippen LogP contribution in [0.5, 0.6) is 11.5 Å². The number of carbonyl (C=O) groups excluding carboxylic acids is 1. The molecule has 144 valence electrons. The van der Waals surface area contributed by atoms with Crippen molar-refractivity contribution >= 4 is 21.6 Å². The number of methoxy groups -OCH3 is 1. The molecule has 0 aliphatic carbocycles. The van der Waals surface area contributed by atoms with Gasteiger partial charge in [-0.3, -0.25) is 4.79 Å². The molecule has 3 rings (SSSR count). The highest BCUT2D eigenvalue weighted by Crippen LogP contribution is 2.30. The Morgan fingerprint density at radius 2 is 2.00 bits per heavy atom. The summed E-state index contributed by atoms with van der Waals surface area (Å²) in [7, 11) is -2.45. The highest BCUT2D eigenvalue weighted by atomic mass is 32.2. The Balaban J connectivity index is 1.80. The molecule has 2 N–H and O–H groups in total. The number of nitrogens with zero attached hydrogens (tertiary/aromatic N) is 1. The molecule has 1 aliphatic heterocycles. The SMILES string of the molecule is COc1ccc(N2CCCC2=O)cc1S(=O)(=O)NCCc1ccccc1O. The van der Waals surface area contributed by atoms with E-state index in [1.54, 1.807) is 41.3 Å². The fourth-order valence-electron chi connectivity index (χ4n) is 3.08. The second-order valence-corrected chi connectivity index (χ2v) is 8.00. The summed E-state index contributed by atoms with van der Waals surface area (Å²) in [4.78, 5) is 13.5. The van der Waals surface area contributed by atoms with Crippen LogP contribution < -0.4 is 14.4 Å². The number of phenols is 1. The molecule has 1 amide bonds. The van der Waals surface area contributed by atoms with Gasteiger partial charge in [0.25, 0.3) is 0 Å². The maximum atomic E-state index is 12.8. The first-order valence-electron chi connectivity index (χ1n) is 8.67. The molecule has 0 spiro atoms. The normalized spacial score (nSPS) is 14.6. The molecule has 1 heterocycles. The van der Waals surface area contributed by atoms with Crippen LogP contribution in [0.1, 0.15) is 18.4 Å². The first-order chi connectivity index (χ1) is 12.9. The molecular weight excluding hydrogens is 368 g/mol. The number of amides is 1.